The van der Waals surface area contributed by atoms with Crippen LogP contribution >= 0.6 is 11.6 Å². The van der Waals surface area contributed by atoms with Gasteiger partial charge in [0.1, 0.15) is 5.82 Å². The summed E-state index contributed by atoms with van der Waals surface area (Å²) in [5, 5.41) is 3.24. The molecule has 0 unspecified atom stereocenters. The van der Waals surface area contributed by atoms with E-state index in [1.165, 1.54) is 0 Å². The number of amides is 1. The van der Waals surface area contributed by atoms with Gasteiger partial charge in [0, 0.05) is 12.4 Å². The van der Waals surface area contributed by atoms with Crippen LogP contribution in [0, 0.1) is 13.8 Å². The van der Waals surface area contributed by atoms with Gasteiger partial charge < -0.3 is 10.3 Å². The first kappa shape index (κ1) is 12.6. The van der Waals surface area contributed by atoms with Crippen LogP contribution in [0.3, 0.4) is 0 Å². The molecule has 0 spiro atoms. The third kappa shape index (κ3) is 2.71. The predicted octanol–water partition coefficient (Wildman–Crippen LogP) is 2.61. The fourth-order valence-electron chi connectivity index (χ4n) is 1.61. The molecule has 18 heavy (non-hydrogen) atoms. The Bertz CT molecular complexity index is 564. The minimum atomic E-state index is -0.195. The zero-order valence-corrected chi connectivity index (χ0v) is 11.0. The normalized spacial score (nSPS) is 10.4. The van der Waals surface area contributed by atoms with E-state index in [1.807, 2.05) is 13.8 Å². The van der Waals surface area contributed by atoms with E-state index in [9.17, 15) is 4.79 Å². The standard InChI is InChI=1S/C13H14ClN3O/c1-8-5-10(11(14)6-9(8)2)13(18)17-7-12-15-3-4-16-12/h3-6H,7H2,1-2H3,(H,15,16)(H,17,18). The number of aromatic nitrogens is 2. The SMILES string of the molecule is Cc1cc(Cl)c(C(=O)NCc2ncc[nH]2)cc1C. The fourth-order valence-corrected chi connectivity index (χ4v) is 1.91. The molecule has 4 nitrogen and oxygen atoms in total. The third-order valence-corrected chi connectivity index (χ3v) is 3.11. The summed E-state index contributed by atoms with van der Waals surface area (Å²) < 4.78 is 0. The predicted molar refractivity (Wildman–Crippen MR) is 70.7 cm³/mol. The highest BCUT2D eigenvalue weighted by molar-refractivity contribution is 6.33. The number of hydrogen-bond acceptors (Lipinski definition) is 2. The molecule has 0 atom stereocenters. The number of imidazole rings is 1. The first-order chi connectivity index (χ1) is 8.58. The van der Waals surface area contributed by atoms with E-state index in [4.69, 9.17) is 11.6 Å². The highest BCUT2D eigenvalue weighted by Gasteiger charge is 2.11. The summed E-state index contributed by atoms with van der Waals surface area (Å²) in [6.07, 6.45) is 3.36. The second kappa shape index (κ2) is 5.23. The summed E-state index contributed by atoms with van der Waals surface area (Å²) in [5.41, 5.74) is 2.61. The molecule has 2 rings (SSSR count). The third-order valence-electron chi connectivity index (χ3n) is 2.80. The van der Waals surface area contributed by atoms with Crippen molar-refractivity contribution in [1.29, 1.82) is 0 Å². The van der Waals surface area contributed by atoms with Gasteiger partial charge in [-0.15, -0.1) is 0 Å². The molecule has 0 bridgehead atoms. The summed E-state index contributed by atoms with van der Waals surface area (Å²) in [4.78, 5) is 18.9. The number of aromatic amines is 1. The van der Waals surface area contributed by atoms with Gasteiger partial charge >= 0.3 is 0 Å². The van der Waals surface area contributed by atoms with Crippen molar-refractivity contribution in [2.24, 2.45) is 0 Å². The Balaban J connectivity index is 2.11. The molecule has 1 aromatic carbocycles. The van der Waals surface area contributed by atoms with Gasteiger partial charge in [0.05, 0.1) is 17.1 Å². The Hall–Kier alpha value is -1.81. The van der Waals surface area contributed by atoms with Crippen molar-refractivity contribution in [2.75, 3.05) is 0 Å². The molecule has 1 amide bonds. The maximum Gasteiger partial charge on any atom is 0.253 e. The van der Waals surface area contributed by atoms with E-state index in [0.29, 0.717) is 23.0 Å². The molecule has 0 aliphatic heterocycles. The van der Waals surface area contributed by atoms with Crippen LogP contribution in [0.1, 0.15) is 27.3 Å². The quantitative estimate of drug-likeness (QED) is 0.894. The van der Waals surface area contributed by atoms with E-state index < -0.39 is 0 Å². The van der Waals surface area contributed by atoms with Crippen LogP contribution in [0.15, 0.2) is 24.5 Å². The van der Waals surface area contributed by atoms with Crippen molar-refractivity contribution in [3.05, 3.63) is 52.1 Å². The van der Waals surface area contributed by atoms with Crippen LogP contribution in [-0.4, -0.2) is 15.9 Å². The number of nitrogens with one attached hydrogen (secondary N) is 2. The summed E-state index contributed by atoms with van der Waals surface area (Å²) in [6, 6.07) is 3.60. The Labute approximate surface area is 110 Å². The van der Waals surface area contributed by atoms with Crippen LogP contribution in [0.4, 0.5) is 0 Å². The molecular formula is C13H14ClN3O. The smallest absolute Gasteiger partial charge is 0.253 e. The van der Waals surface area contributed by atoms with Gasteiger partial charge in [-0.25, -0.2) is 4.98 Å². The average Bonchev–Trinajstić information content (AvgIpc) is 2.84. The lowest BCUT2D eigenvalue weighted by Crippen LogP contribution is -2.23. The monoisotopic (exact) mass is 263 g/mol. The second-order valence-corrected chi connectivity index (χ2v) is 4.54. The number of nitrogens with zero attached hydrogens (tertiary/aromatic N) is 1. The zero-order valence-electron chi connectivity index (χ0n) is 10.2. The summed E-state index contributed by atoms with van der Waals surface area (Å²) in [5.74, 6) is 0.516. The van der Waals surface area contributed by atoms with Crippen LogP contribution in [0.25, 0.3) is 0 Å². The first-order valence-corrected chi connectivity index (χ1v) is 5.99. The lowest BCUT2D eigenvalue weighted by atomic mass is 10.1. The van der Waals surface area contributed by atoms with E-state index in [-0.39, 0.29) is 5.91 Å². The molecule has 1 heterocycles. The highest BCUT2D eigenvalue weighted by Crippen LogP contribution is 2.20. The van der Waals surface area contributed by atoms with Gasteiger partial charge in [0.25, 0.3) is 5.91 Å². The van der Waals surface area contributed by atoms with Gasteiger partial charge in [0.15, 0.2) is 0 Å². The minimum absolute atomic E-state index is 0.195. The molecule has 5 heteroatoms. The lowest BCUT2D eigenvalue weighted by molar-refractivity contribution is 0.0950. The van der Waals surface area contributed by atoms with Gasteiger partial charge in [-0.1, -0.05) is 11.6 Å². The number of halogens is 1. The number of aryl methyl sites for hydroxylation is 2. The van der Waals surface area contributed by atoms with Gasteiger partial charge in [0.2, 0.25) is 0 Å². The number of hydrogen-bond donors (Lipinski definition) is 2. The van der Waals surface area contributed by atoms with Crippen molar-refractivity contribution in [3.8, 4) is 0 Å². The Morgan fingerprint density at radius 2 is 2.11 bits per heavy atom. The minimum Gasteiger partial charge on any atom is -0.347 e. The molecule has 0 fully saturated rings. The van der Waals surface area contributed by atoms with Crippen LogP contribution < -0.4 is 5.32 Å². The van der Waals surface area contributed by atoms with Gasteiger partial charge in [-0.05, 0) is 37.1 Å². The molecule has 0 radical (unpaired) electrons. The molecule has 0 saturated heterocycles. The first-order valence-electron chi connectivity index (χ1n) is 5.61. The van der Waals surface area contributed by atoms with Crippen molar-refractivity contribution in [1.82, 2.24) is 15.3 Å². The number of benzene rings is 1. The van der Waals surface area contributed by atoms with E-state index in [0.717, 1.165) is 11.1 Å². The van der Waals surface area contributed by atoms with Crippen LogP contribution in [-0.2, 0) is 6.54 Å². The Morgan fingerprint density at radius 3 is 2.78 bits per heavy atom. The van der Waals surface area contributed by atoms with Crippen molar-refractivity contribution < 1.29 is 4.79 Å². The van der Waals surface area contributed by atoms with Crippen LogP contribution in [0.2, 0.25) is 5.02 Å². The van der Waals surface area contributed by atoms with Crippen molar-refractivity contribution in [3.63, 3.8) is 0 Å². The maximum absolute atomic E-state index is 12.0. The van der Waals surface area contributed by atoms with E-state index in [2.05, 4.69) is 15.3 Å². The van der Waals surface area contributed by atoms with Crippen LogP contribution in [0.5, 0.6) is 0 Å². The number of carbonyl (C=O) groups is 1. The molecule has 2 N–H and O–H groups in total. The topological polar surface area (TPSA) is 57.8 Å². The van der Waals surface area contributed by atoms with Crippen molar-refractivity contribution >= 4 is 17.5 Å². The molecule has 94 valence electrons. The van der Waals surface area contributed by atoms with E-state index in [1.54, 1.807) is 24.5 Å². The zero-order chi connectivity index (χ0) is 13.1. The molecule has 0 aliphatic carbocycles. The van der Waals surface area contributed by atoms with Gasteiger partial charge in [-0.2, -0.15) is 0 Å². The largest absolute Gasteiger partial charge is 0.347 e. The summed E-state index contributed by atoms with van der Waals surface area (Å²) in [7, 11) is 0. The second-order valence-electron chi connectivity index (χ2n) is 4.13. The molecular weight excluding hydrogens is 250 g/mol. The average molecular weight is 264 g/mol. The number of H-pyrrole nitrogens is 1. The molecule has 2 aromatic rings. The summed E-state index contributed by atoms with van der Waals surface area (Å²) in [6.45, 7) is 4.27. The lowest BCUT2D eigenvalue weighted by Gasteiger charge is -2.08. The van der Waals surface area contributed by atoms with Crippen molar-refractivity contribution in [2.45, 2.75) is 20.4 Å². The molecule has 0 saturated carbocycles. The Morgan fingerprint density at radius 1 is 1.39 bits per heavy atom. The highest BCUT2D eigenvalue weighted by atomic mass is 35.5. The number of carbonyl (C=O) groups excluding carboxylic acids is 1. The summed E-state index contributed by atoms with van der Waals surface area (Å²) >= 11 is 6.07. The Kier molecular flexibility index (Phi) is 3.67. The molecule has 0 aliphatic rings. The van der Waals surface area contributed by atoms with Gasteiger partial charge in [-0.3, -0.25) is 4.79 Å². The van der Waals surface area contributed by atoms with E-state index >= 15 is 0 Å². The fraction of sp³-hybridized carbons (Fsp3) is 0.231. The molecule has 1 aromatic heterocycles. The number of rotatable bonds is 3. The maximum atomic E-state index is 12.0.